The molecule has 1 aliphatic carbocycles. The van der Waals surface area contributed by atoms with Crippen molar-refractivity contribution >= 4 is 11.9 Å². The predicted octanol–water partition coefficient (Wildman–Crippen LogP) is 2.99. The van der Waals surface area contributed by atoms with Gasteiger partial charge in [-0.15, -0.1) is 0 Å². The van der Waals surface area contributed by atoms with Crippen LogP contribution < -0.4 is 0 Å². The lowest BCUT2D eigenvalue weighted by atomic mass is 10.1. The third-order valence-corrected chi connectivity index (χ3v) is 2.50. The van der Waals surface area contributed by atoms with Gasteiger partial charge < -0.3 is 0 Å². The zero-order valence-electron chi connectivity index (χ0n) is 8.36. The molecule has 1 nitrogen and oxygen atoms in total. The van der Waals surface area contributed by atoms with E-state index in [-0.39, 0.29) is 5.78 Å². The van der Waals surface area contributed by atoms with Crippen LogP contribution in [0.15, 0.2) is 30.3 Å². The van der Waals surface area contributed by atoms with E-state index in [1.807, 2.05) is 18.2 Å². The van der Waals surface area contributed by atoms with Crippen molar-refractivity contribution in [3.05, 3.63) is 41.5 Å². The van der Waals surface area contributed by atoms with Crippen LogP contribution in [0.25, 0.3) is 6.08 Å². The Morgan fingerprint density at radius 1 is 1.29 bits per heavy atom. The van der Waals surface area contributed by atoms with Gasteiger partial charge in [0.05, 0.1) is 0 Å². The summed E-state index contributed by atoms with van der Waals surface area (Å²) in [6.07, 6.45) is 5.77. The maximum absolute atomic E-state index is 11.4. The van der Waals surface area contributed by atoms with Gasteiger partial charge in [-0.2, -0.15) is 0 Å². The largest absolute Gasteiger partial charge is 0.295 e. The number of hydrogen-bond donors (Lipinski definition) is 0. The van der Waals surface area contributed by atoms with Crippen LogP contribution in [0.2, 0.25) is 0 Å². The second kappa shape index (κ2) is 3.79. The lowest BCUT2D eigenvalue weighted by molar-refractivity contribution is -0.115. The fourth-order valence-corrected chi connectivity index (χ4v) is 1.36. The van der Waals surface area contributed by atoms with E-state index in [9.17, 15) is 4.79 Å². The van der Waals surface area contributed by atoms with Gasteiger partial charge in [0, 0.05) is 5.92 Å². The molecular formula is C13H14O. The van der Waals surface area contributed by atoms with Crippen LogP contribution in [0, 0.1) is 12.8 Å². The first-order valence-electron chi connectivity index (χ1n) is 5.04. The molecule has 0 N–H and O–H groups in total. The van der Waals surface area contributed by atoms with E-state index in [1.54, 1.807) is 6.08 Å². The molecule has 0 atom stereocenters. The minimum Gasteiger partial charge on any atom is -0.295 e. The van der Waals surface area contributed by atoms with E-state index in [2.05, 4.69) is 19.1 Å². The first-order valence-corrected chi connectivity index (χ1v) is 5.04. The van der Waals surface area contributed by atoms with Gasteiger partial charge in [0.15, 0.2) is 5.78 Å². The maximum Gasteiger partial charge on any atom is 0.158 e. The van der Waals surface area contributed by atoms with Crippen molar-refractivity contribution in [1.82, 2.24) is 0 Å². The summed E-state index contributed by atoms with van der Waals surface area (Å²) in [7, 11) is 0. The summed E-state index contributed by atoms with van der Waals surface area (Å²) in [5.74, 6) is 0.613. The topological polar surface area (TPSA) is 17.1 Å². The van der Waals surface area contributed by atoms with E-state index in [0.29, 0.717) is 5.92 Å². The second-order valence-corrected chi connectivity index (χ2v) is 3.92. The van der Waals surface area contributed by atoms with Crippen LogP contribution >= 0.6 is 0 Å². The Morgan fingerprint density at radius 3 is 2.50 bits per heavy atom. The zero-order chi connectivity index (χ0) is 9.97. The maximum atomic E-state index is 11.4. The summed E-state index contributed by atoms with van der Waals surface area (Å²) in [6, 6.07) is 8.18. The minimum atomic E-state index is 0.283. The van der Waals surface area contributed by atoms with Gasteiger partial charge in [0.2, 0.25) is 0 Å². The molecular weight excluding hydrogens is 172 g/mol. The SMILES string of the molecule is Cc1ccc(C=CC(=O)C2CC2)cc1. The monoisotopic (exact) mass is 186 g/mol. The summed E-state index contributed by atoms with van der Waals surface area (Å²) in [5, 5.41) is 0. The summed E-state index contributed by atoms with van der Waals surface area (Å²) in [6.45, 7) is 2.06. The Hall–Kier alpha value is -1.37. The van der Waals surface area contributed by atoms with Gasteiger partial charge in [0.25, 0.3) is 0 Å². The predicted molar refractivity (Wildman–Crippen MR) is 57.9 cm³/mol. The second-order valence-electron chi connectivity index (χ2n) is 3.92. The van der Waals surface area contributed by atoms with E-state index < -0.39 is 0 Å². The van der Waals surface area contributed by atoms with Crippen molar-refractivity contribution in [2.75, 3.05) is 0 Å². The number of benzene rings is 1. The fourth-order valence-electron chi connectivity index (χ4n) is 1.36. The van der Waals surface area contributed by atoms with Crippen LogP contribution in [-0.4, -0.2) is 5.78 Å². The van der Waals surface area contributed by atoms with Gasteiger partial charge in [-0.3, -0.25) is 4.79 Å². The fraction of sp³-hybridized carbons (Fsp3) is 0.308. The van der Waals surface area contributed by atoms with Crippen molar-refractivity contribution in [1.29, 1.82) is 0 Å². The van der Waals surface area contributed by atoms with Crippen LogP contribution in [0.1, 0.15) is 24.0 Å². The molecule has 0 aromatic heterocycles. The average Bonchev–Trinajstić information content (AvgIpc) is 3.00. The quantitative estimate of drug-likeness (QED) is 0.663. The van der Waals surface area contributed by atoms with Crippen molar-refractivity contribution in [2.24, 2.45) is 5.92 Å². The van der Waals surface area contributed by atoms with Crippen molar-refractivity contribution < 1.29 is 4.79 Å². The Kier molecular flexibility index (Phi) is 2.49. The van der Waals surface area contributed by atoms with E-state index in [1.165, 1.54) is 5.56 Å². The van der Waals surface area contributed by atoms with Gasteiger partial charge >= 0.3 is 0 Å². The van der Waals surface area contributed by atoms with Crippen LogP contribution in [0.5, 0.6) is 0 Å². The standard InChI is InChI=1S/C13H14O/c1-10-2-4-11(5-3-10)6-9-13(14)12-7-8-12/h2-6,9,12H,7-8H2,1H3. The highest BCUT2D eigenvalue weighted by Gasteiger charge is 2.27. The summed E-state index contributed by atoms with van der Waals surface area (Å²) in [4.78, 5) is 11.4. The first-order chi connectivity index (χ1) is 6.75. The van der Waals surface area contributed by atoms with Crippen molar-refractivity contribution in [3.63, 3.8) is 0 Å². The van der Waals surface area contributed by atoms with Gasteiger partial charge in [-0.25, -0.2) is 0 Å². The van der Waals surface area contributed by atoms with Crippen LogP contribution in [0.4, 0.5) is 0 Å². The molecule has 1 heteroatoms. The van der Waals surface area contributed by atoms with Crippen molar-refractivity contribution in [3.8, 4) is 0 Å². The lowest BCUT2D eigenvalue weighted by Gasteiger charge is -1.94. The molecule has 0 amide bonds. The molecule has 1 saturated carbocycles. The average molecular weight is 186 g/mol. The molecule has 14 heavy (non-hydrogen) atoms. The lowest BCUT2D eigenvalue weighted by Crippen LogP contribution is -1.93. The molecule has 0 radical (unpaired) electrons. The first kappa shape index (κ1) is 9.20. The number of allylic oxidation sites excluding steroid dienone is 1. The van der Waals surface area contributed by atoms with Crippen molar-refractivity contribution in [2.45, 2.75) is 19.8 Å². The normalized spacial score (nSPS) is 16.1. The highest BCUT2D eigenvalue weighted by Crippen LogP contribution is 2.30. The third kappa shape index (κ3) is 2.32. The molecule has 0 saturated heterocycles. The number of ketones is 1. The number of hydrogen-bond acceptors (Lipinski definition) is 1. The van der Waals surface area contributed by atoms with E-state index in [4.69, 9.17) is 0 Å². The molecule has 1 aromatic carbocycles. The Bertz CT molecular complexity index is 355. The molecule has 2 rings (SSSR count). The summed E-state index contributed by atoms with van der Waals surface area (Å²) >= 11 is 0. The number of carbonyl (C=O) groups excluding carboxylic acids is 1. The molecule has 0 spiro atoms. The Morgan fingerprint density at radius 2 is 1.93 bits per heavy atom. The van der Waals surface area contributed by atoms with Gasteiger partial charge in [-0.05, 0) is 31.4 Å². The number of rotatable bonds is 3. The molecule has 1 fully saturated rings. The molecule has 0 heterocycles. The molecule has 0 bridgehead atoms. The number of carbonyl (C=O) groups is 1. The zero-order valence-corrected chi connectivity index (χ0v) is 8.36. The van der Waals surface area contributed by atoms with E-state index in [0.717, 1.165) is 18.4 Å². The van der Waals surface area contributed by atoms with Crippen LogP contribution in [-0.2, 0) is 4.79 Å². The highest BCUT2D eigenvalue weighted by atomic mass is 16.1. The summed E-state index contributed by atoms with van der Waals surface area (Å²) in [5.41, 5.74) is 2.35. The molecule has 0 unspecified atom stereocenters. The van der Waals surface area contributed by atoms with Gasteiger partial charge in [-0.1, -0.05) is 35.9 Å². The Labute approximate surface area is 84.5 Å². The smallest absolute Gasteiger partial charge is 0.158 e. The number of aryl methyl sites for hydroxylation is 1. The van der Waals surface area contributed by atoms with Gasteiger partial charge in [0.1, 0.15) is 0 Å². The molecule has 1 aromatic rings. The third-order valence-electron chi connectivity index (χ3n) is 2.50. The summed E-state index contributed by atoms with van der Waals surface area (Å²) < 4.78 is 0. The molecule has 0 aliphatic heterocycles. The van der Waals surface area contributed by atoms with E-state index >= 15 is 0 Å². The molecule has 72 valence electrons. The molecule has 1 aliphatic rings. The minimum absolute atomic E-state index is 0.283. The highest BCUT2D eigenvalue weighted by molar-refractivity contribution is 5.96. The van der Waals surface area contributed by atoms with Crippen LogP contribution in [0.3, 0.4) is 0 Å². The Balaban J connectivity index is 2.02.